The Morgan fingerprint density at radius 2 is 1.77 bits per heavy atom. The third-order valence-corrected chi connectivity index (χ3v) is 5.88. The quantitative estimate of drug-likeness (QED) is 0.284. The lowest BCUT2D eigenvalue weighted by molar-refractivity contribution is -0.398. The van der Waals surface area contributed by atoms with Crippen molar-refractivity contribution in [1.82, 2.24) is 10.2 Å². The van der Waals surface area contributed by atoms with Crippen LogP contribution in [-0.2, 0) is 17.6 Å². The van der Waals surface area contributed by atoms with E-state index in [1.165, 1.54) is 18.2 Å². The molecule has 0 aliphatic carbocycles. The highest BCUT2D eigenvalue weighted by atomic mass is 16.6. The first-order chi connectivity index (χ1) is 16.8. The van der Waals surface area contributed by atoms with Crippen LogP contribution in [0.1, 0.15) is 45.4 Å². The van der Waals surface area contributed by atoms with Gasteiger partial charge in [-0.05, 0) is 48.9 Å². The van der Waals surface area contributed by atoms with Crippen LogP contribution < -0.4 is 10.4 Å². The van der Waals surface area contributed by atoms with Gasteiger partial charge in [0.05, 0.1) is 22.3 Å². The number of nitro benzene ring substituents is 1. The SMILES string of the molecule is C[C@@H](CCc1ccco1)NC(=O)[C@@H](Cc1ccc([O-])c([N+](=O)[O-])c1)N1C(=O)c2ccccc2C1=O. The Hall–Kier alpha value is -4.47. The average molecular weight is 476 g/mol. The van der Waals surface area contributed by atoms with E-state index in [2.05, 4.69) is 5.32 Å². The number of nitro groups is 1. The minimum atomic E-state index is -1.27. The van der Waals surface area contributed by atoms with Crippen LogP contribution in [0.2, 0.25) is 0 Å². The van der Waals surface area contributed by atoms with E-state index in [-0.39, 0.29) is 29.2 Å². The molecule has 1 aliphatic rings. The summed E-state index contributed by atoms with van der Waals surface area (Å²) in [6, 6.07) is 11.7. The van der Waals surface area contributed by atoms with Crippen molar-refractivity contribution in [3.05, 3.63) is 93.4 Å². The van der Waals surface area contributed by atoms with Crippen LogP contribution in [0.5, 0.6) is 5.75 Å². The molecule has 0 unspecified atom stereocenters. The lowest BCUT2D eigenvalue weighted by Gasteiger charge is -2.27. The van der Waals surface area contributed by atoms with E-state index in [0.717, 1.165) is 22.8 Å². The number of furan rings is 1. The zero-order chi connectivity index (χ0) is 25.1. The number of imide groups is 1. The summed E-state index contributed by atoms with van der Waals surface area (Å²) >= 11 is 0. The maximum absolute atomic E-state index is 13.4. The number of hydrogen-bond acceptors (Lipinski definition) is 7. The van der Waals surface area contributed by atoms with Gasteiger partial charge >= 0.3 is 0 Å². The highest BCUT2D eigenvalue weighted by Gasteiger charge is 2.43. The van der Waals surface area contributed by atoms with Gasteiger partial charge in [0.15, 0.2) is 0 Å². The number of carbonyl (C=O) groups excluding carboxylic acids is 3. The molecular formula is C25H22N3O7-. The van der Waals surface area contributed by atoms with Crippen LogP contribution in [0.3, 0.4) is 0 Å². The van der Waals surface area contributed by atoms with E-state index >= 15 is 0 Å². The van der Waals surface area contributed by atoms with Crippen molar-refractivity contribution in [1.29, 1.82) is 0 Å². The molecule has 2 heterocycles. The summed E-state index contributed by atoms with van der Waals surface area (Å²) in [7, 11) is 0. The molecule has 4 rings (SSSR count). The monoisotopic (exact) mass is 476 g/mol. The zero-order valence-corrected chi connectivity index (χ0v) is 18.8. The Morgan fingerprint density at radius 3 is 2.37 bits per heavy atom. The van der Waals surface area contributed by atoms with Gasteiger partial charge in [0.2, 0.25) is 5.91 Å². The normalized spacial score (nSPS) is 14.5. The van der Waals surface area contributed by atoms with E-state index in [4.69, 9.17) is 4.42 Å². The maximum Gasteiger partial charge on any atom is 0.262 e. The lowest BCUT2D eigenvalue weighted by atomic mass is 10.0. The molecule has 2 atom stereocenters. The molecule has 2 aromatic carbocycles. The topological polar surface area (TPSA) is 146 Å². The van der Waals surface area contributed by atoms with Crippen LogP contribution in [-0.4, -0.2) is 39.6 Å². The van der Waals surface area contributed by atoms with Crippen LogP contribution in [0.4, 0.5) is 5.69 Å². The number of carbonyl (C=O) groups is 3. The second kappa shape index (κ2) is 9.80. The molecule has 0 spiro atoms. The molecule has 0 radical (unpaired) electrons. The maximum atomic E-state index is 13.4. The Labute approximate surface area is 200 Å². The number of rotatable bonds is 9. The molecule has 0 saturated heterocycles. The van der Waals surface area contributed by atoms with E-state index in [1.807, 2.05) is 6.07 Å². The molecule has 0 fully saturated rings. The molecule has 0 saturated carbocycles. The molecule has 1 N–H and O–H groups in total. The van der Waals surface area contributed by atoms with Crippen molar-refractivity contribution in [3.63, 3.8) is 0 Å². The molecular weight excluding hydrogens is 454 g/mol. The molecule has 0 bridgehead atoms. The molecule has 1 aliphatic heterocycles. The van der Waals surface area contributed by atoms with Gasteiger partial charge in [0.1, 0.15) is 11.8 Å². The molecule has 10 heteroatoms. The highest BCUT2D eigenvalue weighted by molar-refractivity contribution is 6.22. The van der Waals surface area contributed by atoms with Gasteiger partial charge in [0, 0.05) is 24.9 Å². The second-order valence-corrected chi connectivity index (χ2v) is 8.33. The minimum absolute atomic E-state index is 0.182. The smallest absolute Gasteiger partial charge is 0.262 e. The summed E-state index contributed by atoms with van der Waals surface area (Å²) in [5, 5.41) is 25.9. The highest BCUT2D eigenvalue weighted by Crippen LogP contribution is 2.29. The summed E-state index contributed by atoms with van der Waals surface area (Å²) in [6.45, 7) is 1.79. The summed E-state index contributed by atoms with van der Waals surface area (Å²) in [6.07, 6.45) is 2.49. The Balaban J connectivity index is 1.60. The van der Waals surface area contributed by atoms with Gasteiger partial charge in [-0.15, -0.1) is 0 Å². The number of amides is 3. The first kappa shape index (κ1) is 23.7. The van der Waals surface area contributed by atoms with Gasteiger partial charge in [-0.3, -0.25) is 29.4 Å². The van der Waals surface area contributed by atoms with Crippen LogP contribution >= 0.6 is 0 Å². The van der Waals surface area contributed by atoms with E-state index in [0.29, 0.717) is 12.8 Å². The standard InChI is InChI=1S/C25H23N3O7/c1-15(8-10-17-5-4-12-35-17)26-23(30)21(14-16-9-11-22(29)20(13-16)28(33)34)27-24(31)18-6-2-3-7-19(18)25(27)32/h2-7,9,11-13,15,21,29H,8,10,14H2,1H3,(H,26,30)/p-1/t15-,21+/m0/s1. The fourth-order valence-corrected chi connectivity index (χ4v) is 4.07. The first-order valence-electron chi connectivity index (χ1n) is 11.0. The Kier molecular flexibility index (Phi) is 6.63. The van der Waals surface area contributed by atoms with Gasteiger partial charge < -0.3 is 14.8 Å². The zero-order valence-electron chi connectivity index (χ0n) is 18.8. The number of hydrogen-bond donors (Lipinski definition) is 1. The van der Waals surface area contributed by atoms with Crippen LogP contribution in [0, 0.1) is 10.1 Å². The number of nitrogens with one attached hydrogen (secondary N) is 1. The van der Waals surface area contributed by atoms with Crippen molar-refractivity contribution in [3.8, 4) is 5.75 Å². The molecule has 35 heavy (non-hydrogen) atoms. The molecule has 10 nitrogen and oxygen atoms in total. The molecule has 1 aromatic heterocycles. The van der Waals surface area contributed by atoms with Crippen molar-refractivity contribution >= 4 is 23.4 Å². The number of benzene rings is 2. The number of aryl methyl sites for hydroxylation is 1. The van der Waals surface area contributed by atoms with Crippen LogP contribution in [0.25, 0.3) is 0 Å². The molecule has 180 valence electrons. The predicted molar refractivity (Wildman–Crippen MR) is 122 cm³/mol. The van der Waals surface area contributed by atoms with E-state index < -0.39 is 40.1 Å². The summed E-state index contributed by atoms with van der Waals surface area (Å²) in [5.74, 6) is -1.84. The third kappa shape index (κ3) is 4.91. The van der Waals surface area contributed by atoms with Gasteiger partial charge in [0.25, 0.3) is 17.5 Å². The lowest BCUT2D eigenvalue weighted by Crippen LogP contribution is -2.52. The second-order valence-electron chi connectivity index (χ2n) is 8.33. The fourth-order valence-electron chi connectivity index (χ4n) is 4.07. The largest absolute Gasteiger partial charge is 0.868 e. The van der Waals surface area contributed by atoms with Gasteiger partial charge in [-0.25, -0.2) is 0 Å². The van der Waals surface area contributed by atoms with Crippen LogP contribution in [0.15, 0.2) is 65.3 Å². The van der Waals surface area contributed by atoms with Crippen molar-refractivity contribution in [2.45, 2.75) is 38.3 Å². The Morgan fingerprint density at radius 1 is 1.09 bits per heavy atom. The molecule has 3 amide bonds. The summed E-state index contributed by atoms with van der Waals surface area (Å²) in [4.78, 5) is 50.8. The first-order valence-corrected chi connectivity index (χ1v) is 11.0. The number of nitrogens with zero attached hydrogens (tertiary/aromatic N) is 2. The van der Waals surface area contributed by atoms with Crippen molar-refractivity contribution in [2.24, 2.45) is 0 Å². The third-order valence-electron chi connectivity index (χ3n) is 5.88. The Bertz CT molecular complexity index is 1250. The van der Waals surface area contributed by atoms with Crippen molar-refractivity contribution < 1.29 is 28.8 Å². The fraction of sp³-hybridized carbons (Fsp3) is 0.240. The number of fused-ring (bicyclic) bond motifs is 1. The summed E-state index contributed by atoms with van der Waals surface area (Å²) in [5.41, 5.74) is -0.00353. The summed E-state index contributed by atoms with van der Waals surface area (Å²) < 4.78 is 5.31. The minimum Gasteiger partial charge on any atom is -0.868 e. The molecule has 3 aromatic rings. The van der Waals surface area contributed by atoms with E-state index in [1.54, 1.807) is 31.4 Å². The van der Waals surface area contributed by atoms with Crippen molar-refractivity contribution in [2.75, 3.05) is 0 Å². The van der Waals surface area contributed by atoms with E-state index in [9.17, 15) is 29.6 Å². The van der Waals surface area contributed by atoms with Gasteiger partial charge in [-0.1, -0.05) is 24.3 Å². The van der Waals surface area contributed by atoms with Gasteiger partial charge in [-0.2, -0.15) is 0 Å². The predicted octanol–water partition coefficient (Wildman–Crippen LogP) is 2.61. The average Bonchev–Trinajstić information content (AvgIpc) is 3.44.